The van der Waals surface area contributed by atoms with Crippen LogP contribution in [0, 0.1) is 5.92 Å². The highest BCUT2D eigenvalue weighted by Crippen LogP contribution is 2.40. The van der Waals surface area contributed by atoms with Gasteiger partial charge in [-0.15, -0.1) is 0 Å². The fourth-order valence-corrected chi connectivity index (χ4v) is 6.53. The Morgan fingerprint density at radius 1 is 0.917 bits per heavy atom. The number of rotatable bonds is 3. The predicted octanol–water partition coefficient (Wildman–Crippen LogP) is 3.68. The zero-order chi connectivity index (χ0) is 24.8. The van der Waals surface area contributed by atoms with Gasteiger partial charge in [0.1, 0.15) is 0 Å². The average molecular weight is 485 g/mol. The van der Waals surface area contributed by atoms with Crippen LogP contribution in [0.25, 0.3) is 10.8 Å². The summed E-state index contributed by atoms with van der Waals surface area (Å²) >= 11 is 0. The molecule has 3 aliphatic rings. The van der Waals surface area contributed by atoms with E-state index in [0.717, 1.165) is 67.6 Å². The number of carbonyl (C=O) groups is 2. The van der Waals surface area contributed by atoms with Crippen LogP contribution < -0.4 is 10.9 Å². The Kier molecular flexibility index (Phi) is 5.88. The van der Waals surface area contributed by atoms with Gasteiger partial charge in [-0.25, -0.2) is 0 Å². The van der Waals surface area contributed by atoms with Gasteiger partial charge in [-0.2, -0.15) is 0 Å². The minimum atomic E-state index is -0.159. The minimum Gasteiger partial charge on any atom is -0.343 e. The lowest BCUT2D eigenvalue weighted by atomic mass is 9.81. The van der Waals surface area contributed by atoms with Crippen LogP contribution in [0.1, 0.15) is 48.2 Å². The van der Waals surface area contributed by atoms with E-state index in [-0.39, 0.29) is 23.3 Å². The normalized spacial score (nSPS) is 22.3. The van der Waals surface area contributed by atoms with Gasteiger partial charge in [0.2, 0.25) is 5.91 Å². The van der Waals surface area contributed by atoms with Crippen molar-refractivity contribution < 1.29 is 9.59 Å². The number of fused-ring (bicyclic) bond motifs is 5. The molecular formula is C29H32N4O3. The molecule has 3 aliphatic heterocycles. The van der Waals surface area contributed by atoms with Gasteiger partial charge in [0.05, 0.1) is 5.69 Å². The highest BCUT2D eigenvalue weighted by atomic mass is 16.2. The largest absolute Gasteiger partial charge is 0.343 e. The highest BCUT2D eigenvalue weighted by Gasteiger charge is 2.39. The van der Waals surface area contributed by atoms with E-state index in [9.17, 15) is 14.4 Å². The van der Waals surface area contributed by atoms with Crippen LogP contribution in [0.3, 0.4) is 0 Å². The molecule has 0 unspecified atom stereocenters. The molecule has 4 heterocycles. The molecule has 0 spiro atoms. The number of aromatic nitrogens is 1. The number of amides is 2. The molecule has 1 N–H and O–H groups in total. The third-order valence-electron chi connectivity index (χ3n) is 8.30. The van der Waals surface area contributed by atoms with Crippen LogP contribution >= 0.6 is 0 Å². The van der Waals surface area contributed by atoms with Crippen LogP contribution in [0.4, 0.5) is 5.69 Å². The van der Waals surface area contributed by atoms with E-state index < -0.39 is 0 Å². The number of pyridine rings is 1. The summed E-state index contributed by atoms with van der Waals surface area (Å²) in [6.07, 6.45) is 3.02. The maximum absolute atomic E-state index is 13.3. The molecule has 0 aliphatic carbocycles. The zero-order valence-corrected chi connectivity index (χ0v) is 20.7. The molecule has 3 aromatic rings. The number of benzene rings is 2. The number of carbonyl (C=O) groups excluding carboxylic acids is 2. The SMILES string of the molecule is CC(=O)N1CCC(N2C[C@@H]3C[C@H](C2)c2c(NC(=O)c4ccc5ccccc5c4)ccc(=O)n2C3)CC1. The number of anilines is 1. The first-order chi connectivity index (χ1) is 17.5. The first kappa shape index (κ1) is 23.0. The molecule has 2 aromatic carbocycles. The Morgan fingerprint density at radius 3 is 2.47 bits per heavy atom. The van der Waals surface area contributed by atoms with Gasteiger partial charge >= 0.3 is 0 Å². The first-order valence-electron chi connectivity index (χ1n) is 13.0. The van der Waals surface area contributed by atoms with Gasteiger partial charge in [-0.3, -0.25) is 19.3 Å². The van der Waals surface area contributed by atoms with Gasteiger partial charge < -0.3 is 14.8 Å². The molecule has 7 nitrogen and oxygen atoms in total. The number of nitrogens with one attached hydrogen (secondary N) is 1. The molecule has 2 saturated heterocycles. The van der Waals surface area contributed by atoms with Crippen LogP contribution in [-0.4, -0.2) is 58.4 Å². The average Bonchev–Trinajstić information content (AvgIpc) is 2.90. The van der Waals surface area contributed by atoms with Crippen molar-refractivity contribution in [2.24, 2.45) is 5.92 Å². The maximum atomic E-state index is 13.3. The number of piperidine rings is 2. The molecule has 0 saturated carbocycles. The lowest BCUT2D eigenvalue weighted by molar-refractivity contribution is -0.130. The number of nitrogens with zero attached hydrogens (tertiary/aromatic N) is 3. The maximum Gasteiger partial charge on any atom is 0.255 e. The first-order valence-corrected chi connectivity index (χ1v) is 13.0. The van der Waals surface area contributed by atoms with Crippen molar-refractivity contribution in [3.63, 3.8) is 0 Å². The van der Waals surface area contributed by atoms with Crippen molar-refractivity contribution in [2.75, 3.05) is 31.5 Å². The second-order valence-corrected chi connectivity index (χ2v) is 10.6. The summed E-state index contributed by atoms with van der Waals surface area (Å²) in [6, 6.07) is 17.6. The highest BCUT2D eigenvalue weighted by molar-refractivity contribution is 6.06. The molecule has 186 valence electrons. The molecular weight excluding hydrogens is 452 g/mol. The van der Waals surface area contributed by atoms with Crippen LogP contribution in [-0.2, 0) is 11.3 Å². The molecule has 2 bridgehead atoms. The van der Waals surface area contributed by atoms with Crippen molar-refractivity contribution >= 4 is 28.3 Å². The molecule has 7 heteroatoms. The second kappa shape index (κ2) is 9.21. The van der Waals surface area contributed by atoms with Crippen LogP contribution in [0.15, 0.2) is 59.4 Å². The van der Waals surface area contributed by atoms with E-state index in [4.69, 9.17) is 0 Å². The van der Waals surface area contributed by atoms with Crippen molar-refractivity contribution in [1.29, 1.82) is 0 Å². The molecule has 2 amide bonds. The molecule has 36 heavy (non-hydrogen) atoms. The molecule has 6 rings (SSSR count). The van der Waals surface area contributed by atoms with Gasteiger partial charge in [0, 0.05) is 68.9 Å². The minimum absolute atomic E-state index is 0.00613. The van der Waals surface area contributed by atoms with Crippen molar-refractivity contribution in [3.8, 4) is 0 Å². The molecule has 1 aromatic heterocycles. The number of hydrogen-bond acceptors (Lipinski definition) is 4. The summed E-state index contributed by atoms with van der Waals surface area (Å²) in [7, 11) is 0. The van der Waals surface area contributed by atoms with E-state index in [0.29, 0.717) is 24.1 Å². The van der Waals surface area contributed by atoms with E-state index in [2.05, 4.69) is 10.2 Å². The predicted molar refractivity (Wildman–Crippen MR) is 140 cm³/mol. The summed E-state index contributed by atoms with van der Waals surface area (Å²) in [5.74, 6) is 0.619. The smallest absolute Gasteiger partial charge is 0.255 e. The van der Waals surface area contributed by atoms with Gasteiger partial charge in [0.25, 0.3) is 11.5 Å². The fraction of sp³-hybridized carbons (Fsp3) is 0.414. The zero-order valence-electron chi connectivity index (χ0n) is 20.7. The molecule has 0 radical (unpaired) electrons. The van der Waals surface area contributed by atoms with Crippen LogP contribution in [0.2, 0.25) is 0 Å². The van der Waals surface area contributed by atoms with E-state index in [1.54, 1.807) is 19.1 Å². The Hall–Kier alpha value is -3.45. The lowest BCUT2D eigenvalue weighted by Gasteiger charge is -2.47. The summed E-state index contributed by atoms with van der Waals surface area (Å²) in [5.41, 5.74) is 2.31. The second-order valence-electron chi connectivity index (χ2n) is 10.6. The number of hydrogen-bond donors (Lipinski definition) is 1. The standard InChI is InChI=1S/C29H32N4O3/c1-19(34)31-12-10-25(11-13-31)32-16-20-14-24(18-32)28-26(8-9-27(35)33(28)17-20)30-29(36)23-7-6-21-4-2-3-5-22(21)15-23/h2-9,15,20,24-25H,10-14,16-18H2,1H3,(H,30,36)/t20-,24+/m0/s1. The fourth-order valence-electron chi connectivity index (χ4n) is 6.53. The lowest BCUT2D eigenvalue weighted by Crippen LogP contribution is -2.53. The Labute approximate surface area is 210 Å². The van der Waals surface area contributed by atoms with E-state index >= 15 is 0 Å². The van der Waals surface area contributed by atoms with E-state index in [1.165, 1.54) is 0 Å². The van der Waals surface area contributed by atoms with Gasteiger partial charge in [-0.05, 0) is 54.2 Å². The summed E-state index contributed by atoms with van der Waals surface area (Å²) < 4.78 is 1.89. The summed E-state index contributed by atoms with van der Waals surface area (Å²) in [5, 5.41) is 5.26. The quantitative estimate of drug-likeness (QED) is 0.616. The van der Waals surface area contributed by atoms with Gasteiger partial charge in [0.15, 0.2) is 0 Å². The molecule has 2 fully saturated rings. The van der Waals surface area contributed by atoms with Crippen molar-refractivity contribution in [1.82, 2.24) is 14.4 Å². The Morgan fingerprint density at radius 2 is 1.69 bits per heavy atom. The van der Waals surface area contributed by atoms with Gasteiger partial charge in [-0.1, -0.05) is 30.3 Å². The summed E-state index contributed by atoms with van der Waals surface area (Å²) in [4.78, 5) is 42.4. The monoisotopic (exact) mass is 484 g/mol. The topological polar surface area (TPSA) is 74.7 Å². The third-order valence-corrected chi connectivity index (χ3v) is 8.30. The third kappa shape index (κ3) is 4.22. The number of likely N-dealkylation sites (tertiary alicyclic amines) is 2. The summed E-state index contributed by atoms with van der Waals surface area (Å²) in [6.45, 7) is 5.83. The Balaban J connectivity index is 1.25. The van der Waals surface area contributed by atoms with Crippen molar-refractivity contribution in [3.05, 3.63) is 76.2 Å². The molecule has 2 atom stereocenters. The van der Waals surface area contributed by atoms with E-state index in [1.807, 2.05) is 51.9 Å². The van der Waals surface area contributed by atoms with Crippen molar-refractivity contribution in [2.45, 2.75) is 44.7 Å². The van der Waals surface area contributed by atoms with Crippen LogP contribution in [0.5, 0.6) is 0 Å². The Bertz CT molecular complexity index is 1390.